The van der Waals surface area contributed by atoms with Gasteiger partial charge in [0.1, 0.15) is 11.6 Å². The number of ether oxygens (including phenoxy) is 1. The van der Waals surface area contributed by atoms with Gasteiger partial charge in [0.05, 0.1) is 12.7 Å². The maximum Gasteiger partial charge on any atom is 0.416 e. The first kappa shape index (κ1) is 28.0. The highest BCUT2D eigenvalue weighted by Gasteiger charge is 2.35. The Bertz CT molecular complexity index is 1330. The van der Waals surface area contributed by atoms with Crippen molar-refractivity contribution >= 4 is 5.91 Å². The number of hydrogen-bond donors (Lipinski definition) is 0. The van der Waals surface area contributed by atoms with Crippen molar-refractivity contribution in [3.8, 4) is 5.75 Å². The molecule has 0 bridgehead atoms. The fraction of sp³-hybridized carbons (Fsp3) is 0.400. The van der Waals surface area contributed by atoms with Crippen LogP contribution in [0.4, 0.5) is 17.6 Å². The van der Waals surface area contributed by atoms with Gasteiger partial charge in [0.2, 0.25) is 0 Å². The molecule has 2 aliphatic heterocycles. The Hall–Kier alpha value is -3.50. The lowest BCUT2D eigenvalue weighted by molar-refractivity contribution is -0.137. The molecule has 1 fully saturated rings. The van der Waals surface area contributed by atoms with Crippen molar-refractivity contribution in [2.45, 2.75) is 31.6 Å². The van der Waals surface area contributed by atoms with Gasteiger partial charge < -0.3 is 9.64 Å². The number of amides is 1. The third-order valence-corrected chi connectivity index (χ3v) is 7.70. The molecule has 3 heterocycles. The fourth-order valence-corrected chi connectivity index (χ4v) is 5.53. The van der Waals surface area contributed by atoms with Crippen LogP contribution in [0.2, 0.25) is 0 Å². The standard InChI is InChI=1S/C30H32F4N4O2/c1-40-27-17-23(16-24(18-27)30(32,33)34)29(39)38-14-13-37(20-26(38)15-21-4-6-25(31)7-5-21)12-11-36-10-8-28-22(19-36)3-2-9-35-28/h2-7,9,16-18,26H,8,10-15,19-20H2,1H3/t26-/m1/s1. The summed E-state index contributed by atoms with van der Waals surface area (Å²) < 4.78 is 59.2. The number of fused-ring (bicyclic) bond motifs is 1. The number of aromatic nitrogens is 1. The van der Waals surface area contributed by atoms with E-state index in [4.69, 9.17) is 4.74 Å². The highest BCUT2D eigenvalue weighted by molar-refractivity contribution is 5.95. The Kier molecular flexibility index (Phi) is 8.37. The molecule has 5 rings (SSSR count). The van der Waals surface area contributed by atoms with E-state index in [0.717, 1.165) is 56.0 Å². The fourth-order valence-electron chi connectivity index (χ4n) is 5.53. The van der Waals surface area contributed by atoms with Crippen molar-refractivity contribution < 1.29 is 27.1 Å². The van der Waals surface area contributed by atoms with E-state index in [-0.39, 0.29) is 23.2 Å². The first-order valence-corrected chi connectivity index (χ1v) is 13.4. The molecule has 212 valence electrons. The lowest BCUT2D eigenvalue weighted by Crippen LogP contribution is -2.57. The van der Waals surface area contributed by atoms with E-state index >= 15 is 0 Å². The summed E-state index contributed by atoms with van der Waals surface area (Å²) in [5.41, 5.74) is 2.26. The lowest BCUT2D eigenvalue weighted by Gasteiger charge is -2.42. The van der Waals surface area contributed by atoms with E-state index in [1.54, 1.807) is 17.0 Å². The Morgan fingerprint density at radius 1 is 1.02 bits per heavy atom. The average Bonchev–Trinajstić information content (AvgIpc) is 2.96. The summed E-state index contributed by atoms with van der Waals surface area (Å²) in [4.78, 5) is 24.5. The maximum absolute atomic E-state index is 13.6. The van der Waals surface area contributed by atoms with Crippen LogP contribution >= 0.6 is 0 Å². The van der Waals surface area contributed by atoms with E-state index in [2.05, 4.69) is 20.9 Å². The van der Waals surface area contributed by atoms with Crippen LogP contribution in [0.25, 0.3) is 0 Å². The van der Waals surface area contributed by atoms with Gasteiger partial charge in [0.25, 0.3) is 5.91 Å². The summed E-state index contributed by atoms with van der Waals surface area (Å²) in [6.07, 6.45) is -1.42. The lowest BCUT2D eigenvalue weighted by atomic mass is 10.00. The van der Waals surface area contributed by atoms with Gasteiger partial charge in [0.15, 0.2) is 0 Å². The quantitative estimate of drug-likeness (QED) is 0.396. The van der Waals surface area contributed by atoms with Gasteiger partial charge in [-0.15, -0.1) is 0 Å². The highest BCUT2D eigenvalue weighted by Crippen LogP contribution is 2.33. The Balaban J connectivity index is 1.32. The number of alkyl halides is 3. The first-order valence-electron chi connectivity index (χ1n) is 13.4. The van der Waals surface area contributed by atoms with E-state index in [1.165, 1.54) is 30.9 Å². The van der Waals surface area contributed by atoms with Crippen molar-refractivity contribution in [3.63, 3.8) is 0 Å². The van der Waals surface area contributed by atoms with E-state index in [0.29, 0.717) is 26.1 Å². The molecular weight excluding hydrogens is 524 g/mol. The second-order valence-corrected chi connectivity index (χ2v) is 10.4. The SMILES string of the molecule is COc1cc(C(=O)N2CCN(CCN3CCc4ncccc4C3)C[C@H]2Cc2ccc(F)cc2)cc(C(F)(F)F)c1. The van der Waals surface area contributed by atoms with Crippen LogP contribution in [0.5, 0.6) is 5.75 Å². The second-order valence-electron chi connectivity index (χ2n) is 10.4. The minimum absolute atomic E-state index is 0.0230. The molecule has 0 radical (unpaired) electrons. The van der Waals surface area contributed by atoms with Crippen LogP contribution in [0.3, 0.4) is 0 Å². The van der Waals surface area contributed by atoms with Crippen LogP contribution in [0.1, 0.15) is 32.7 Å². The van der Waals surface area contributed by atoms with Crippen molar-refractivity contribution in [3.05, 3.63) is 94.6 Å². The molecule has 0 unspecified atom stereocenters. The number of rotatable bonds is 7. The van der Waals surface area contributed by atoms with Gasteiger partial charge in [-0.05, 0) is 53.9 Å². The predicted octanol–water partition coefficient (Wildman–Crippen LogP) is 4.68. The molecule has 3 aromatic rings. The number of pyridine rings is 1. The summed E-state index contributed by atoms with van der Waals surface area (Å²) in [7, 11) is 1.28. The van der Waals surface area contributed by atoms with Gasteiger partial charge in [-0.3, -0.25) is 19.6 Å². The van der Waals surface area contributed by atoms with Crippen molar-refractivity contribution in [1.29, 1.82) is 0 Å². The van der Waals surface area contributed by atoms with Crippen molar-refractivity contribution in [2.75, 3.05) is 46.4 Å². The smallest absolute Gasteiger partial charge is 0.416 e. The number of nitrogens with zero attached hydrogens (tertiary/aromatic N) is 4. The summed E-state index contributed by atoms with van der Waals surface area (Å²) in [5.74, 6) is -0.849. The Morgan fingerprint density at radius 2 is 1.80 bits per heavy atom. The molecule has 6 nitrogen and oxygen atoms in total. The van der Waals surface area contributed by atoms with Crippen LogP contribution in [0.15, 0.2) is 60.8 Å². The molecule has 0 aliphatic carbocycles. The number of carbonyl (C=O) groups is 1. The van der Waals surface area contributed by atoms with Gasteiger partial charge in [-0.1, -0.05) is 18.2 Å². The number of benzene rings is 2. The van der Waals surface area contributed by atoms with Crippen molar-refractivity contribution in [1.82, 2.24) is 19.7 Å². The van der Waals surface area contributed by atoms with E-state index in [9.17, 15) is 22.4 Å². The van der Waals surface area contributed by atoms with Gasteiger partial charge in [-0.2, -0.15) is 13.2 Å². The predicted molar refractivity (Wildman–Crippen MR) is 143 cm³/mol. The topological polar surface area (TPSA) is 48.9 Å². The Morgan fingerprint density at radius 3 is 2.55 bits per heavy atom. The first-order chi connectivity index (χ1) is 19.2. The van der Waals surface area contributed by atoms with Gasteiger partial charge >= 0.3 is 6.18 Å². The zero-order valence-corrected chi connectivity index (χ0v) is 22.3. The molecule has 1 amide bonds. The van der Waals surface area contributed by atoms with Crippen LogP contribution < -0.4 is 4.74 Å². The van der Waals surface area contributed by atoms with Crippen LogP contribution in [0, 0.1) is 5.82 Å². The number of methoxy groups -OCH3 is 1. The van der Waals surface area contributed by atoms with Crippen LogP contribution in [-0.4, -0.2) is 78.0 Å². The molecule has 0 saturated carbocycles. The highest BCUT2D eigenvalue weighted by atomic mass is 19.4. The van der Waals surface area contributed by atoms with E-state index in [1.807, 2.05) is 12.3 Å². The number of piperazine rings is 1. The number of halogens is 4. The molecular formula is C30H32F4N4O2. The van der Waals surface area contributed by atoms with Gasteiger partial charge in [0, 0.05) is 75.7 Å². The monoisotopic (exact) mass is 556 g/mol. The molecule has 2 aromatic carbocycles. The third kappa shape index (κ3) is 6.62. The molecule has 1 atom stereocenters. The minimum Gasteiger partial charge on any atom is -0.497 e. The van der Waals surface area contributed by atoms with Crippen molar-refractivity contribution in [2.24, 2.45) is 0 Å². The number of hydrogen-bond acceptors (Lipinski definition) is 5. The maximum atomic E-state index is 13.6. The molecule has 0 spiro atoms. The summed E-state index contributed by atoms with van der Waals surface area (Å²) in [5, 5.41) is 0. The summed E-state index contributed by atoms with van der Waals surface area (Å²) >= 11 is 0. The molecule has 1 aromatic heterocycles. The zero-order chi connectivity index (χ0) is 28.3. The average molecular weight is 557 g/mol. The molecule has 10 heteroatoms. The van der Waals surface area contributed by atoms with Crippen LogP contribution in [-0.2, 0) is 25.6 Å². The second kappa shape index (κ2) is 11.9. The van der Waals surface area contributed by atoms with Gasteiger partial charge in [-0.25, -0.2) is 4.39 Å². The summed E-state index contributed by atoms with van der Waals surface area (Å²) in [6.45, 7) is 4.97. The summed E-state index contributed by atoms with van der Waals surface area (Å²) in [6, 6.07) is 13.0. The molecule has 0 N–H and O–H groups in total. The molecule has 40 heavy (non-hydrogen) atoms. The number of carbonyl (C=O) groups excluding carboxylic acids is 1. The van der Waals surface area contributed by atoms with E-state index < -0.39 is 17.6 Å². The Labute approximate surface area is 231 Å². The zero-order valence-electron chi connectivity index (χ0n) is 22.3. The third-order valence-electron chi connectivity index (χ3n) is 7.70. The largest absolute Gasteiger partial charge is 0.497 e. The minimum atomic E-state index is -4.61. The normalized spacial score (nSPS) is 18.4. The molecule has 2 aliphatic rings. The molecule has 1 saturated heterocycles.